The molecule has 42 heavy (non-hydrogen) atoms. The molecule has 0 atom stereocenters. The van der Waals surface area contributed by atoms with Crippen molar-refractivity contribution in [1.82, 2.24) is 5.43 Å². The highest BCUT2D eigenvalue weighted by Gasteiger charge is 2.15. The maximum Gasteiger partial charge on any atom is 0.343 e. The summed E-state index contributed by atoms with van der Waals surface area (Å²) in [4.78, 5) is 37.7. The van der Waals surface area contributed by atoms with Crippen LogP contribution >= 0.6 is 0 Å². The van der Waals surface area contributed by atoms with Gasteiger partial charge in [-0.3, -0.25) is 4.79 Å². The summed E-state index contributed by atoms with van der Waals surface area (Å²) < 4.78 is 22.0. The van der Waals surface area contributed by atoms with Crippen molar-refractivity contribution in [3.05, 3.63) is 132 Å². The molecule has 4 aromatic carbocycles. The van der Waals surface area contributed by atoms with E-state index >= 15 is 0 Å². The first-order valence-electron chi connectivity index (χ1n) is 12.9. The van der Waals surface area contributed by atoms with Crippen LogP contribution in [0.25, 0.3) is 0 Å². The summed E-state index contributed by atoms with van der Waals surface area (Å²) in [5, 5.41) is 3.97. The predicted molar refractivity (Wildman–Crippen MR) is 157 cm³/mol. The lowest BCUT2D eigenvalue weighted by molar-refractivity contribution is -0.123. The largest absolute Gasteiger partial charge is 0.493 e. The summed E-state index contributed by atoms with van der Waals surface area (Å²) in [6, 6.07) is 26.7. The van der Waals surface area contributed by atoms with E-state index in [0.29, 0.717) is 34.6 Å². The van der Waals surface area contributed by atoms with Crippen molar-refractivity contribution in [2.75, 3.05) is 13.7 Å². The molecule has 1 amide bonds. The van der Waals surface area contributed by atoms with Gasteiger partial charge in [0.25, 0.3) is 5.91 Å². The molecule has 0 aromatic heterocycles. The van der Waals surface area contributed by atoms with Gasteiger partial charge in [-0.2, -0.15) is 5.10 Å². The number of nitrogens with one attached hydrogen (secondary N) is 1. The average molecular weight is 565 g/mol. The van der Waals surface area contributed by atoms with Crippen molar-refractivity contribution in [3.63, 3.8) is 0 Å². The number of hydrazone groups is 1. The van der Waals surface area contributed by atoms with Crippen LogP contribution in [0.4, 0.5) is 0 Å². The fraction of sp³-hybridized carbons (Fsp3) is 0.0909. The van der Waals surface area contributed by atoms with Crippen molar-refractivity contribution in [1.29, 1.82) is 0 Å². The molecule has 0 aliphatic heterocycles. The lowest BCUT2D eigenvalue weighted by atomic mass is 10.1. The van der Waals surface area contributed by atoms with E-state index in [1.165, 1.54) is 25.5 Å². The Labute approximate surface area is 243 Å². The van der Waals surface area contributed by atoms with Gasteiger partial charge in [-0.25, -0.2) is 15.0 Å². The smallest absolute Gasteiger partial charge is 0.343 e. The zero-order valence-electron chi connectivity index (χ0n) is 22.8. The topological polar surface area (TPSA) is 113 Å². The van der Waals surface area contributed by atoms with Crippen molar-refractivity contribution in [3.8, 4) is 23.0 Å². The number of hydrogen-bond acceptors (Lipinski definition) is 8. The van der Waals surface area contributed by atoms with Crippen LogP contribution in [-0.4, -0.2) is 37.8 Å². The monoisotopic (exact) mass is 564 g/mol. The molecule has 0 fully saturated rings. The van der Waals surface area contributed by atoms with Crippen LogP contribution in [-0.2, 0) is 11.2 Å². The van der Waals surface area contributed by atoms with Gasteiger partial charge in [0.1, 0.15) is 11.5 Å². The quantitative estimate of drug-likeness (QED) is 0.0807. The maximum atomic E-state index is 12.8. The summed E-state index contributed by atoms with van der Waals surface area (Å²) in [7, 11) is 1.51. The number of amides is 1. The van der Waals surface area contributed by atoms with Gasteiger partial charge in [-0.05, 0) is 60.5 Å². The lowest BCUT2D eigenvalue weighted by Gasteiger charge is -2.11. The second-order valence-electron chi connectivity index (χ2n) is 8.77. The molecule has 4 rings (SSSR count). The van der Waals surface area contributed by atoms with Crippen LogP contribution in [0.5, 0.6) is 23.0 Å². The molecule has 0 saturated heterocycles. The summed E-state index contributed by atoms with van der Waals surface area (Å²) in [5.74, 6) is -0.606. The molecule has 1 N–H and O–H groups in total. The van der Waals surface area contributed by atoms with E-state index in [0.717, 1.165) is 5.56 Å². The molecule has 4 aromatic rings. The third-order valence-electron chi connectivity index (χ3n) is 5.78. The molecule has 0 aliphatic rings. The molecule has 0 bridgehead atoms. The third-order valence-corrected chi connectivity index (χ3v) is 5.78. The lowest BCUT2D eigenvalue weighted by Crippen LogP contribution is -2.24. The van der Waals surface area contributed by atoms with Crippen LogP contribution in [0.1, 0.15) is 31.8 Å². The van der Waals surface area contributed by atoms with Crippen LogP contribution in [0.15, 0.2) is 115 Å². The number of ether oxygens (including phenoxy) is 4. The highest BCUT2D eigenvalue weighted by Crippen LogP contribution is 2.28. The molecular formula is C33H28N2O7. The molecule has 9 heteroatoms. The van der Waals surface area contributed by atoms with Crippen LogP contribution in [0.3, 0.4) is 0 Å². The van der Waals surface area contributed by atoms with E-state index in [-0.39, 0.29) is 18.1 Å². The fourth-order valence-corrected chi connectivity index (χ4v) is 3.72. The SMILES string of the molecule is C=CCc1ccc(OCC(=O)NN=Cc2ccc(OC(=O)c3ccccc3)cc2OC(=O)c2ccccc2)c(OC)c1. The van der Waals surface area contributed by atoms with Crippen LogP contribution in [0, 0.1) is 0 Å². The summed E-state index contributed by atoms with van der Waals surface area (Å²) in [6.07, 6.45) is 3.75. The first kappa shape index (κ1) is 29.3. The highest BCUT2D eigenvalue weighted by atomic mass is 16.5. The zero-order valence-corrected chi connectivity index (χ0v) is 22.8. The number of hydrogen-bond donors (Lipinski definition) is 1. The summed E-state index contributed by atoms with van der Waals surface area (Å²) in [5.41, 5.74) is 4.40. The number of benzene rings is 4. The van der Waals surface area contributed by atoms with Gasteiger partial charge >= 0.3 is 11.9 Å². The molecule has 0 heterocycles. The number of nitrogens with zero attached hydrogens (tertiary/aromatic N) is 1. The van der Waals surface area contributed by atoms with Gasteiger partial charge in [0.15, 0.2) is 18.1 Å². The fourth-order valence-electron chi connectivity index (χ4n) is 3.72. The van der Waals surface area contributed by atoms with Crippen LogP contribution in [0.2, 0.25) is 0 Å². The first-order valence-corrected chi connectivity index (χ1v) is 12.9. The van der Waals surface area contributed by atoms with E-state index in [9.17, 15) is 14.4 Å². The second-order valence-corrected chi connectivity index (χ2v) is 8.77. The van der Waals surface area contributed by atoms with Gasteiger partial charge in [0.05, 0.1) is 24.5 Å². The zero-order chi connectivity index (χ0) is 29.7. The first-order chi connectivity index (χ1) is 20.5. The van der Waals surface area contributed by atoms with Crippen molar-refractivity contribution in [2.24, 2.45) is 5.10 Å². The van der Waals surface area contributed by atoms with Gasteiger partial charge in [-0.1, -0.05) is 48.5 Å². The Hall–Kier alpha value is -5.70. The number of esters is 2. The minimum Gasteiger partial charge on any atom is -0.493 e. The Balaban J connectivity index is 1.45. The number of methoxy groups -OCH3 is 1. The van der Waals surface area contributed by atoms with Gasteiger partial charge < -0.3 is 18.9 Å². The molecule has 0 aliphatic carbocycles. The minimum absolute atomic E-state index is 0.0702. The third kappa shape index (κ3) is 8.15. The van der Waals surface area contributed by atoms with E-state index in [2.05, 4.69) is 17.1 Å². The number of rotatable bonds is 12. The summed E-state index contributed by atoms with van der Waals surface area (Å²) >= 11 is 0. The minimum atomic E-state index is -0.623. The van der Waals surface area contributed by atoms with Gasteiger partial charge in [0, 0.05) is 11.6 Å². The summed E-state index contributed by atoms with van der Waals surface area (Å²) in [6.45, 7) is 3.40. The Morgan fingerprint density at radius 2 is 1.45 bits per heavy atom. The molecule has 0 radical (unpaired) electrons. The average Bonchev–Trinajstić information content (AvgIpc) is 3.02. The van der Waals surface area contributed by atoms with Gasteiger partial charge in [-0.15, -0.1) is 6.58 Å². The predicted octanol–water partition coefficient (Wildman–Crippen LogP) is 5.39. The van der Waals surface area contributed by atoms with Crippen LogP contribution < -0.4 is 24.4 Å². The molecule has 0 unspecified atom stereocenters. The number of carbonyl (C=O) groups is 3. The van der Waals surface area contributed by atoms with Gasteiger partial charge in [0.2, 0.25) is 0 Å². The van der Waals surface area contributed by atoms with Crippen molar-refractivity contribution < 1.29 is 33.3 Å². The molecule has 212 valence electrons. The van der Waals surface area contributed by atoms with E-state index in [4.69, 9.17) is 18.9 Å². The molecular weight excluding hydrogens is 536 g/mol. The normalized spacial score (nSPS) is 10.5. The van der Waals surface area contributed by atoms with E-state index in [1.54, 1.807) is 78.9 Å². The number of carbonyl (C=O) groups excluding carboxylic acids is 3. The number of allylic oxidation sites excluding steroid dienone is 1. The second kappa shape index (κ2) is 14.6. The maximum absolute atomic E-state index is 12.8. The molecule has 9 nitrogen and oxygen atoms in total. The Morgan fingerprint density at radius 1 is 0.786 bits per heavy atom. The van der Waals surface area contributed by atoms with E-state index < -0.39 is 17.8 Å². The standard InChI is InChI=1S/C33H28N2O7/c1-3-10-23-15-18-28(30(19-23)39-2)40-22-31(36)35-34-21-26-16-17-27(41-32(37)24-11-6-4-7-12-24)20-29(26)42-33(38)25-13-8-5-9-14-25/h3-9,11-21H,1,10,22H2,2H3,(H,35,36). The van der Waals surface area contributed by atoms with Crippen molar-refractivity contribution >= 4 is 24.1 Å². The van der Waals surface area contributed by atoms with Crippen molar-refractivity contribution in [2.45, 2.75) is 6.42 Å². The Morgan fingerprint density at radius 3 is 2.10 bits per heavy atom. The Bertz CT molecular complexity index is 1590. The molecule has 0 saturated carbocycles. The van der Waals surface area contributed by atoms with E-state index in [1.807, 2.05) is 12.1 Å². The highest BCUT2D eigenvalue weighted by molar-refractivity contribution is 5.94. The Kier molecular flexibility index (Phi) is 10.2. The molecule has 0 spiro atoms.